The second kappa shape index (κ2) is 11.4. The molecule has 0 bridgehead atoms. The van der Waals surface area contributed by atoms with Crippen molar-refractivity contribution in [3.63, 3.8) is 0 Å². The molecule has 1 aliphatic heterocycles. The first-order valence-electron chi connectivity index (χ1n) is 10.1. The molecule has 6 nitrogen and oxygen atoms in total. The van der Waals surface area contributed by atoms with Crippen molar-refractivity contribution in [2.24, 2.45) is 4.99 Å². The summed E-state index contributed by atoms with van der Waals surface area (Å²) in [5, 5.41) is 13.4. The predicted molar refractivity (Wildman–Crippen MR) is 131 cm³/mol. The largest absolute Gasteiger partial charge is 0.504 e. The highest BCUT2D eigenvalue weighted by Gasteiger charge is 2.25. The van der Waals surface area contributed by atoms with Crippen LogP contribution >= 0.6 is 24.0 Å². The molecular formula is C23H32IN3O3. The first-order chi connectivity index (χ1) is 14.0. The van der Waals surface area contributed by atoms with E-state index in [0.717, 1.165) is 31.2 Å². The van der Waals surface area contributed by atoms with Gasteiger partial charge in [-0.05, 0) is 49.6 Å². The van der Waals surface area contributed by atoms with Crippen LogP contribution in [0.3, 0.4) is 0 Å². The third-order valence-corrected chi connectivity index (χ3v) is 5.13. The van der Waals surface area contributed by atoms with Crippen LogP contribution in [0.4, 0.5) is 0 Å². The molecule has 0 aliphatic carbocycles. The first-order valence-corrected chi connectivity index (χ1v) is 10.1. The number of phenolic OH excluding ortho intramolecular Hbond substituents is 1. The predicted octanol–water partition coefficient (Wildman–Crippen LogP) is 4.17. The molecule has 0 amide bonds. The third-order valence-electron chi connectivity index (χ3n) is 5.13. The smallest absolute Gasteiger partial charge is 0.194 e. The Kier molecular flexibility index (Phi) is 9.23. The molecule has 1 fully saturated rings. The Morgan fingerprint density at radius 1 is 1.27 bits per heavy atom. The summed E-state index contributed by atoms with van der Waals surface area (Å²) in [6.45, 7) is 9.79. The van der Waals surface area contributed by atoms with Gasteiger partial charge in [-0.3, -0.25) is 0 Å². The maximum Gasteiger partial charge on any atom is 0.194 e. The van der Waals surface area contributed by atoms with E-state index in [4.69, 9.17) is 14.5 Å². The number of guanidine groups is 1. The zero-order valence-corrected chi connectivity index (χ0v) is 20.5. The van der Waals surface area contributed by atoms with E-state index in [1.165, 1.54) is 16.7 Å². The molecule has 0 saturated carbocycles. The van der Waals surface area contributed by atoms with Gasteiger partial charge in [0.1, 0.15) is 6.10 Å². The zero-order chi connectivity index (χ0) is 20.8. The van der Waals surface area contributed by atoms with Gasteiger partial charge in [0.15, 0.2) is 17.5 Å². The molecule has 30 heavy (non-hydrogen) atoms. The number of phenols is 1. The molecule has 1 aliphatic rings. The van der Waals surface area contributed by atoms with Crippen molar-refractivity contribution >= 4 is 29.9 Å². The number of nitrogens with zero attached hydrogens (tertiary/aromatic N) is 2. The minimum atomic E-state index is 0. The normalized spacial score (nSPS) is 16.7. The van der Waals surface area contributed by atoms with Crippen LogP contribution in [0, 0.1) is 13.8 Å². The van der Waals surface area contributed by atoms with E-state index in [0.29, 0.717) is 18.9 Å². The average molecular weight is 525 g/mol. The van der Waals surface area contributed by atoms with Crippen molar-refractivity contribution in [3.8, 4) is 11.5 Å². The fourth-order valence-electron chi connectivity index (χ4n) is 3.64. The highest BCUT2D eigenvalue weighted by molar-refractivity contribution is 14.0. The summed E-state index contributed by atoms with van der Waals surface area (Å²) in [7, 11) is 1.54. The Morgan fingerprint density at radius 2 is 2.07 bits per heavy atom. The maximum absolute atomic E-state index is 10.00. The molecule has 0 spiro atoms. The average Bonchev–Trinajstić information content (AvgIpc) is 2.71. The molecule has 7 heteroatoms. The van der Waals surface area contributed by atoms with Crippen LogP contribution in [0.5, 0.6) is 11.5 Å². The number of methoxy groups -OCH3 is 1. The number of hydrogen-bond acceptors (Lipinski definition) is 4. The molecule has 1 unspecified atom stereocenters. The lowest BCUT2D eigenvalue weighted by molar-refractivity contribution is -0.00834. The van der Waals surface area contributed by atoms with Gasteiger partial charge in [-0.1, -0.05) is 29.8 Å². The second-order valence-electron chi connectivity index (χ2n) is 7.34. The van der Waals surface area contributed by atoms with E-state index in [1.807, 2.05) is 6.07 Å². The summed E-state index contributed by atoms with van der Waals surface area (Å²) in [6.07, 6.45) is 0.0261. The lowest BCUT2D eigenvalue weighted by Crippen LogP contribution is -2.48. The monoisotopic (exact) mass is 525 g/mol. The Balaban J connectivity index is 0.00000320. The van der Waals surface area contributed by atoms with Crippen LogP contribution < -0.4 is 10.1 Å². The number of nitrogens with one attached hydrogen (secondary N) is 1. The van der Waals surface area contributed by atoms with E-state index in [2.05, 4.69) is 49.2 Å². The minimum absolute atomic E-state index is 0. The van der Waals surface area contributed by atoms with Gasteiger partial charge < -0.3 is 24.8 Å². The van der Waals surface area contributed by atoms with Crippen LogP contribution in [0.2, 0.25) is 0 Å². The summed E-state index contributed by atoms with van der Waals surface area (Å²) in [5.41, 5.74) is 4.68. The summed E-state index contributed by atoms with van der Waals surface area (Å²) in [4.78, 5) is 7.04. The molecule has 0 radical (unpaired) electrons. The van der Waals surface area contributed by atoms with Gasteiger partial charge in [0.05, 0.1) is 26.8 Å². The van der Waals surface area contributed by atoms with E-state index in [-0.39, 0.29) is 35.8 Å². The molecule has 3 rings (SSSR count). The van der Waals surface area contributed by atoms with Crippen LogP contribution in [0.1, 0.15) is 35.3 Å². The first kappa shape index (κ1) is 24.3. The second-order valence-corrected chi connectivity index (χ2v) is 7.34. The van der Waals surface area contributed by atoms with Crippen LogP contribution in [-0.4, -0.2) is 49.3 Å². The Morgan fingerprint density at radius 3 is 2.73 bits per heavy atom. The van der Waals surface area contributed by atoms with E-state index < -0.39 is 0 Å². The number of aliphatic imine (C=N–C) groups is 1. The highest BCUT2D eigenvalue weighted by Crippen LogP contribution is 2.27. The van der Waals surface area contributed by atoms with Crippen LogP contribution in [0.25, 0.3) is 0 Å². The van der Waals surface area contributed by atoms with Gasteiger partial charge in [-0.15, -0.1) is 24.0 Å². The van der Waals surface area contributed by atoms with Gasteiger partial charge in [-0.25, -0.2) is 4.99 Å². The molecule has 2 aromatic rings. The van der Waals surface area contributed by atoms with Gasteiger partial charge in [0.2, 0.25) is 0 Å². The molecule has 0 aromatic heterocycles. The molecule has 164 valence electrons. The lowest BCUT2D eigenvalue weighted by Gasteiger charge is -2.36. The van der Waals surface area contributed by atoms with Crippen LogP contribution in [0.15, 0.2) is 41.4 Å². The topological polar surface area (TPSA) is 66.3 Å². The summed E-state index contributed by atoms with van der Waals surface area (Å²) in [6, 6.07) is 11.9. The molecule has 2 aromatic carbocycles. The van der Waals surface area contributed by atoms with Crippen LogP contribution in [-0.2, 0) is 11.3 Å². The van der Waals surface area contributed by atoms with E-state index in [1.54, 1.807) is 19.2 Å². The Labute approximate surface area is 196 Å². The van der Waals surface area contributed by atoms with Gasteiger partial charge in [0, 0.05) is 13.1 Å². The van der Waals surface area contributed by atoms with Crippen molar-refractivity contribution in [2.45, 2.75) is 33.4 Å². The third kappa shape index (κ3) is 6.01. The lowest BCUT2D eigenvalue weighted by atomic mass is 10.00. The highest BCUT2D eigenvalue weighted by atomic mass is 127. The van der Waals surface area contributed by atoms with Gasteiger partial charge in [-0.2, -0.15) is 0 Å². The number of aromatic hydroxyl groups is 1. The number of aryl methyl sites for hydroxylation is 2. The van der Waals surface area contributed by atoms with E-state index >= 15 is 0 Å². The number of ether oxygens (including phenoxy) is 2. The number of benzene rings is 2. The minimum Gasteiger partial charge on any atom is -0.504 e. The summed E-state index contributed by atoms with van der Waals surface area (Å²) < 4.78 is 11.2. The number of halogens is 1. The Hall–Kier alpha value is -2.00. The standard InChI is InChI=1S/C23H31N3O3.HI/c1-5-24-23(25-14-18-7-9-21(28-4)20(27)13-18)26-10-11-29-22(15-26)19-8-6-16(2)12-17(19)3;/h6-9,12-13,22,27H,5,10-11,14-15H2,1-4H3,(H,24,25);1H. The summed E-state index contributed by atoms with van der Waals surface area (Å²) in [5.74, 6) is 1.46. The molecule has 1 atom stereocenters. The number of rotatable bonds is 5. The molecule has 2 N–H and O–H groups in total. The molecule has 1 saturated heterocycles. The Bertz CT molecular complexity index is 873. The van der Waals surface area contributed by atoms with E-state index in [9.17, 15) is 5.11 Å². The van der Waals surface area contributed by atoms with Crippen molar-refractivity contribution < 1.29 is 14.6 Å². The maximum atomic E-state index is 10.00. The fourth-order valence-corrected chi connectivity index (χ4v) is 3.64. The number of hydrogen-bond donors (Lipinski definition) is 2. The molecule has 1 heterocycles. The van der Waals surface area contributed by atoms with Crippen molar-refractivity contribution in [3.05, 3.63) is 58.7 Å². The van der Waals surface area contributed by atoms with Crippen molar-refractivity contribution in [2.75, 3.05) is 33.4 Å². The van der Waals surface area contributed by atoms with Gasteiger partial charge >= 0.3 is 0 Å². The summed E-state index contributed by atoms with van der Waals surface area (Å²) >= 11 is 0. The fraction of sp³-hybridized carbons (Fsp3) is 0.435. The SMILES string of the molecule is CCNC(=NCc1ccc(OC)c(O)c1)N1CCOC(c2ccc(C)cc2C)C1.I. The number of morpholine rings is 1. The molecular weight excluding hydrogens is 493 g/mol. The zero-order valence-electron chi connectivity index (χ0n) is 18.1. The quantitative estimate of drug-likeness (QED) is 0.349. The van der Waals surface area contributed by atoms with Crippen molar-refractivity contribution in [1.82, 2.24) is 10.2 Å². The van der Waals surface area contributed by atoms with Gasteiger partial charge in [0.25, 0.3) is 0 Å². The van der Waals surface area contributed by atoms with Crippen molar-refractivity contribution in [1.29, 1.82) is 0 Å².